The number of carboxylic acids is 1. The van der Waals surface area contributed by atoms with Crippen LogP contribution >= 0.6 is 0 Å². The molecule has 4 heteroatoms. The Bertz CT molecular complexity index is 573. The predicted molar refractivity (Wildman–Crippen MR) is 79.8 cm³/mol. The molecule has 1 unspecified atom stereocenters. The van der Waals surface area contributed by atoms with Crippen LogP contribution in [-0.4, -0.2) is 40.4 Å². The van der Waals surface area contributed by atoms with Crippen molar-refractivity contribution in [3.8, 4) is 0 Å². The van der Waals surface area contributed by atoms with E-state index in [0.29, 0.717) is 25.4 Å². The molecule has 4 nitrogen and oxygen atoms in total. The summed E-state index contributed by atoms with van der Waals surface area (Å²) in [5, 5.41) is 9.68. The fourth-order valence-electron chi connectivity index (χ4n) is 3.52. The van der Waals surface area contributed by atoms with E-state index in [1.807, 2.05) is 35.2 Å². The first-order valence-electron chi connectivity index (χ1n) is 7.39. The van der Waals surface area contributed by atoms with Gasteiger partial charge < -0.3 is 5.11 Å². The lowest BCUT2D eigenvalue weighted by atomic mass is 9.72. The highest BCUT2D eigenvalue weighted by Crippen LogP contribution is 2.40. The topological polar surface area (TPSA) is 57.6 Å². The van der Waals surface area contributed by atoms with E-state index in [-0.39, 0.29) is 5.78 Å². The molecule has 3 heterocycles. The van der Waals surface area contributed by atoms with Gasteiger partial charge in [-0.1, -0.05) is 36.4 Å². The molecule has 0 amide bonds. The van der Waals surface area contributed by atoms with Crippen LogP contribution < -0.4 is 0 Å². The summed E-state index contributed by atoms with van der Waals surface area (Å²) in [7, 11) is 0. The van der Waals surface area contributed by atoms with Crippen LogP contribution in [0, 0.1) is 5.92 Å². The lowest BCUT2D eigenvalue weighted by Crippen LogP contribution is -2.66. The van der Waals surface area contributed by atoms with Gasteiger partial charge in [0.2, 0.25) is 0 Å². The molecule has 110 valence electrons. The SMILES string of the molecule is O=C(O)C1(C(=O)C=Cc2ccccc2)CC2CCN1CC2. The van der Waals surface area contributed by atoms with Crippen molar-refractivity contribution in [3.63, 3.8) is 0 Å². The lowest BCUT2D eigenvalue weighted by molar-refractivity contribution is -0.164. The summed E-state index contributed by atoms with van der Waals surface area (Å²) in [6.07, 6.45) is 5.59. The van der Waals surface area contributed by atoms with E-state index in [1.165, 1.54) is 6.08 Å². The van der Waals surface area contributed by atoms with Gasteiger partial charge in [-0.15, -0.1) is 0 Å². The normalized spacial score (nSPS) is 31.4. The standard InChI is InChI=1S/C17H19NO3/c19-15(7-6-13-4-2-1-3-5-13)17(16(20)21)12-14-8-10-18(17)11-9-14/h1-7,14H,8-12H2,(H,20,21). The molecule has 3 aliphatic heterocycles. The first-order valence-corrected chi connectivity index (χ1v) is 7.39. The molecule has 1 N–H and O–H groups in total. The Morgan fingerprint density at radius 2 is 1.86 bits per heavy atom. The summed E-state index contributed by atoms with van der Waals surface area (Å²) in [6.45, 7) is 1.42. The van der Waals surface area contributed by atoms with Gasteiger partial charge in [-0.3, -0.25) is 9.69 Å². The summed E-state index contributed by atoms with van der Waals surface area (Å²) in [5.41, 5.74) is -0.436. The molecule has 0 aliphatic carbocycles. The molecule has 3 aliphatic rings. The zero-order chi connectivity index (χ0) is 14.9. The average molecular weight is 285 g/mol. The molecule has 0 spiro atoms. The minimum Gasteiger partial charge on any atom is -0.480 e. The second-order valence-electron chi connectivity index (χ2n) is 5.91. The van der Waals surface area contributed by atoms with E-state index in [9.17, 15) is 14.7 Å². The molecule has 1 aromatic carbocycles. The number of rotatable bonds is 4. The van der Waals surface area contributed by atoms with E-state index < -0.39 is 11.5 Å². The molecule has 0 aromatic heterocycles. The number of hydrogen-bond donors (Lipinski definition) is 1. The zero-order valence-corrected chi connectivity index (χ0v) is 11.9. The zero-order valence-electron chi connectivity index (χ0n) is 11.9. The van der Waals surface area contributed by atoms with Crippen molar-refractivity contribution in [1.82, 2.24) is 4.90 Å². The van der Waals surface area contributed by atoms with Crippen molar-refractivity contribution in [2.24, 2.45) is 5.92 Å². The van der Waals surface area contributed by atoms with Gasteiger partial charge in [0.05, 0.1) is 0 Å². The Labute approximate surface area is 124 Å². The summed E-state index contributed by atoms with van der Waals surface area (Å²) < 4.78 is 0. The highest BCUT2D eigenvalue weighted by molar-refractivity contribution is 6.14. The van der Waals surface area contributed by atoms with Crippen molar-refractivity contribution in [2.75, 3.05) is 13.1 Å². The van der Waals surface area contributed by atoms with Gasteiger partial charge in [0, 0.05) is 0 Å². The second-order valence-corrected chi connectivity index (χ2v) is 5.91. The monoisotopic (exact) mass is 285 g/mol. The summed E-state index contributed by atoms with van der Waals surface area (Å²) in [5.74, 6) is -0.946. The highest BCUT2D eigenvalue weighted by Gasteiger charge is 2.55. The number of ketones is 1. The Hall–Kier alpha value is -1.94. The third-order valence-electron chi connectivity index (χ3n) is 4.73. The van der Waals surface area contributed by atoms with Gasteiger partial charge in [-0.05, 0) is 49.9 Å². The van der Waals surface area contributed by atoms with Crippen LogP contribution in [0.3, 0.4) is 0 Å². The molecule has 21 heavy (non-hydrogen) atoms. The second kappa shape index (κ2) is 5.45. The smallest absolute Gasteiger partial charge is 0.332 e. The van der Waals surface area contributed by atoms with E-state index in [1.54, 1.807) is 6.08 Å². The molecule has 4 rings (SSSR count). The van der Waals surface area contributed by atoms with Gasteiger partial charge in [-0.2, -0.15) is 0 Å². The van der Waals surface area contributed by atoms with E-state index in [2.05, 4.69) is 0 Å². The number of hydrogen-bond acceptors (Lipinski definition) is 3. The molecule has 0 saturated carbocycles. The fraction of sp³-hybridized carbons (Fsp3) is 0.412. The van der Waals surface area contributed by atoms with Gasteiger partial charge >= 0.3 is 5.97 Å². The molecule has 1 atom stereocenters. The maximum absolute atomic E-state index is 12.6. The van der Waals surface area contributed by atoms with E-state index in [4.69, 9.17) is 0 Å². The molecule has 1 aromatic rings. The summed E-state index contributed by atoms with van der Waals surface area (Å²) in [4.78, 5) is 26.3. The Kier molecular flexibility index (Phi) is 3.64. The molecular formula is C17H19NO3. The molecule has 3 fully saturated rings. The first kappa shape index (κ1) is 14.0. The Morgan fingerprint density at radius 1 is 1.19 bits per heavy atom. The van der Waals surface area contributed by atoms with Crippen molar-refractivity contribution in [1.29, 1.82) is 0 Å². The van der Waals surface area contributed by atoms with Crippen molar-refractivity contribution in [3.05, 3.63) is 42.0 Å². The van der Waals surface area contributed by atoms with Crippen LogP contribution in [-0.2, 0) is 9.59 Å². The predicted octanol–water partition coefficient (Wildman–Crippen LogP) is 2.21. The van der Waals surface area contributed by atoms with Crippen LogP contribution in [0.1, 0.15) is 24.8 Å². The van der Waals surface area contributed by atoms with Crippen LogP contribution in [0.15, 0.2) is 36.4 Å². The Morgan fingerprint density at radius 3 is 2.38 bits per heavy atom. The summed E-state index contributed by atoms with van der Waals surface area (Å²) in [6, 6.07) is 9.48. The highest BCUT2D eigenvalue weighted by atomic mass is 16.4. The van der Waals surface area contributed by atoms with Gasteiger partial charge in [-0.25, -0.2) is 4.79 Å². The summed E-state index contributed by atoms with van der Waals surface area (Å²) >= 11 is 0. The number of nitrogens with zero attached hydrogens (tertiary/aromatic N) is 1. The minimum atomic E-state index is -1.34. The van der Waals surface area contributed by atoms with Gasteiger partial charge in [0.1, 0.15) is 0 Å². The lowest BCUT2D eigenvalue weighted by Gasteiger charge is -2.50. The first-order chi connectivity index (χ1) is 10.1. The van der Waals surface area contributed by atoms with Crippen molar-refractivity contribution in [2.45, 2.75) is 24.8 Å². The fourth-order valence-corrected chi connectivity index (χ4v) is 3.52. The van der Waals surface area contributed by atoms with E-state index >= 15 is 0 Å². The van der Waals surface area contributed by atoms with Crippen molar-refractivity contribution >= 4 is 17.8 Å². The van der Waals surface area contributed by atoms with Crippen LogP contribution in [0.25, 0.3) is 6.08 Å². The van der Waals surface area contributed by atoms with Gasteiger partial charge in [0.15, 0.2) is 11.3 Å². The minimum absolute atomic E-state index is 0.303. The quantitative estimate of drug-likeness (QED) is 0.680. The van der Waals surface area contributed by atoms with Crippen LogP contribution in [0.2, 0.25) is 0 Å². The van der Waals surface area contributed by atoms with Crippen molar-refractivity contribution < 1.29 is 14.7 Å². The van der Waals surface area contributed by atoms with Gasteiger partial charge in [0.25, 0.3) is 0 Å². The number of piperidine rings is 3. The molecule has 0 radical (unpaired) electrons. The number of benzene rings is 1. The average Bonchev–Trinajstić information content (AvgIpc) is 2.54. The molecular weight excluding hydrogens is 266 g/mol. The number of fused-ring (bicyclic) bond motifs is 3. The number of carboxylic acid groups (broad SMARTS) is 1. The van der Waals surface area contributed by atoms with E-state index in [0.717, 1.165) is 18.4 Å². The number of carbonyl (C=O) groups excluding carboxylic acids is 1. The molecule has 2 bridgehead atoms. The van der Waals surface area contributed by atoms with Crippen LogP contribution in [0.4, 0.5) is 0 Å². The Balaban J connectivity index is 1.86. The number of carbonyl (C=O) groups is 2. The molecule has 3 saturated heterocycles. The van der Waals surface area contributed by atoms with Crippen LogP contribution in [0.5, 0.6) is 0 Å². The number of aliphatic carboxylic acids is 1. The third-order valence-corrected chi connectivity index (χ3v) is 4.73. The third kappa shape index (κ3) is 2.40. The maximum atomic E-state index is 12.6. The largest absolute Gasteiger partial charge is 0.480 e. The maximum Gasteiger partial charge on any atom is 0.332 e.